The molecule has 1 aromatic rings. The van der Waals surface area contributed by atoms with Crippen LogP contribution in [0.15, 0.2) is 12.3 Å². The summed E-state index contributed by atoms with van der Waals surface area (Å²) in [6, 6.07) is 1.65. The maximum atomic E-state index is 10.6. The van der Waals surface area contributed by atoms with E-state index in [1.165, 1.54) is 0 Å². The van der Waals surface area contributed by atoms with Gasteiger partial charge in [-0.05, 0) is 6.92 Å². The Balaban J connectivity index is 2.53. The summed E-state index contributed by atoms with van der Waals surface area (Å²) in [6.45, 7) is 4.29. The Morgan fingerprint density at radius 2 is 2.44 bits per heavy atom. The van der Waals surface area contributed by atoms with Gasteiger partial charge in [0, 0.05) is 18.8 Å². The zero-order valence-corrected chi connectivity index (χ0v) is 9.30. The average Bonchev–Trinajstić information content (AvgIpc) is 2.26. The number of nitrogens with zero attached hydrogens (tertiary/aromatic N) is 2. The molecule has 1 atom stereocenters. The van der Waals surface area contributed by atoms with Gasteiger partial charge in [-0.1, -0.05) is 6.92 Å². The Kier molecular flexibility index (Phi) is 4.50. The number of ether oxygens (including phenoxy) is 1. The second-order valence-corrected chi connectivity index (χ2v) is 3.27. The molecule has 0 aliphatic carbocycles. The number of carboxylic acid groups (broad SMARTS) is 1. The normalized spacial score (nSPS) is 11.9. The average molecular weight is 225 g/mol. The Labute approximate surface area is 93.7 Å². The number of rotatable bonds is 6. The lowest BCUT2D eigenvalue weighted by atomic mass is 10.2. The molecule has 0 amide bonds. The summed E-state index contributed by atoms with van der Waals surface area (Å²) in [7, 11) is 0. The molecule has 0 fully saturated rings. The summed E-state index contributed by atoms with van der Waals surface area (Å²) in [5.74, 6) is -0.491. The lowest BCUT2D eigenvalue weighted by molar-refractivity contribution is -0.140. The van der Waals surface area contributed by atoms with E-state index >= 15 is 0 Å². The van der Waals surface area contributed by atoms with Crippen molar-refractivity contribution in [3.8, 4) is 5.88 Å². The fourth-order valence-electron chi connectivity index (χ4n) is 0.987. The van der Waals surface area contributed by atoms with E-state index in [0.29, 0.717) is 18.4 Å². The summed E-state index contributed by atoms with van der Waals surface area (Å²) in [5.41, 5.74) is 0. The first-order chi connectivity index (χ1) is 7.63. The maximum Gasteiger partial charge on any atom is 0.308 e. The third-order valence-electron chi connectivity index (χ3n) is 1.91. The highest BCUT2D eigenvalue weighted by molar-refractivity contribution is 5.70. The van der Waals surface area contributed by atoms with Gasteiger partial charge in [-0.25, -0.2) is 4.98 Å². The molecule has 88 valence electrons. The topological polar surface area (TPSA) is 84.3 Å². The Morgan fingerprint density at radius 3 is 3.06 bits per heavy atom. The van der Waals surface area contributed by atoms with Crippen molar-refractivity contribution in [1.29, 1.82) is 0 Å². The summed E-state index contributed by atoms with van der Waals surface area (Å²) in [5, 5.41) is 11.5. The predicted octanol–water partition coefficient (Wildman–Crippen LogP) is 1.01. The van der Waals surface area contributed by atoms with E-state index in [0.717, 1.165) is 0 Å². The van der Waals surface area contributed by atoms with Crippen LogP contribution in [0.1, 0.15) is 13.8 Å². The van der Waals surface area contributed by atoms with Crippen LogP contribution < -0.4 is 10.1 Å². The van der Waals surface area contributed by atoms with Crippen molar-refractivity contribution in [2.24, 2.45) is 5.92 Å². The van der Waals surface area contributed by atoms with E-state index in [-0.39, 0.29) is 6.54 Å². The third kappa shape index (κ3) is 3.72. The molecule has 0 spiro atoms. The fourth-order valence-corrected chi connectivity index (χ4v) is 0.987. The van der Waals surface area contributed by atoms with Gasteiger partial charge in [0.1, 0.15) is 0 Å². The molecule has 1 heterocycles. The minimum Gasteiger partial charge on any atom is -0.481 e. The number of carboxylic acids is 1. The molecule has 0 aliphatic rings. The molecule has 0 bridgehead atoms. The van der Waals surface area contributed by atoms with Crippen molar-refractivity contribution >= 4 is 11.9 Å². The molecule has 2 N–H and O–H groups in total. The molecule has 0 saturated carbocycles. The Morgan fingerprint density at radius 1 is 1.69 bits per heavy atom. The van der Waals surface area contributed by atoms with Gasteiger partial charge in [0.15, 0.2) is 0 Å². The number of carbonyl (C=O) groups is 1. The number of hydrogen-bond acceptors (Lipinski definition) is 5. The van der Waals surface area contributed by atoms with Crippen LogP contribution in [0.5, 0.6) is 5.88 Å². The first-order valence-corrected chi connectivity index (χ1v) is 5.06. The first kappa shape index (κ1) is 12.2. The van der Waals surface area contributed by atoms with Crippen molar-refractivity contribution in [2.45, 2.75) is 13.8 Å². The second-order valence-electron chi connectivity index (χ2n) is 3.27. The highest BCUT2D eigenvalue weighted by Gasteiger charge is 2.10. The number of aromatic nitrogens is 2. The van der Waals surface area contributed by atoms with Gasteiger partial charge in [-0.3, -0.25) is 4.79 Å². The zero-order chi connectivity index (χ0) is 12.0. The van der Waals surface area contributed by atoms with E-state index in [2.05, 4.69) is 15.3 Å². The molecule has 0 aromatic carbocycles. The van der Waals surface area contributed by atoms with Crippen LogP contribution in [0, 0.1) is 5.92 Å². The maximum absolute atomic E-state index is 10.6. The molecule has 1 unspecified atom stereocenters. The SMILES string of the molecule is CCOc1ccnc(NCC(C)C(=O)O)n1. The van der Waals surface area contributed by atoms with Gasteiger partial charge < -0.3 is 15.2 Å². The van der Waals surface area contributed by atoms with Crippen LogP contribution in [0.4, 0.5) is 5.95 Å². The van der Waals surface area contributed by atoms with Crippen molar-refractivity contribution in [1.82, 2.24) is 9.97 Å². The van der Waals surface area contributed by atoms with E-state index < -0.39 is 11.9 Å². The number of nitrogens with one attached hydrogen (secondary N) is 1. The smallest absolute Gasteiger partial charge is 0.308 e. The molecule has 0 aliphatic heterocycles. The Bertz CT molecular complexity index is 357. The van der Waals surface area contributed by atoms with Gasteiger partial charge >= 0.3 is 5.97 Å². The molecule has 16 heavy (non-hydrogen) atoms. The molecular formula is C10H15N3O3. The third-order valence-corrected chi connectivity index (χ3v) is 1.91. The van der Waals surface area contributed by atoms with Crippen LogP contribution in [0.25, 0.3) is 0 Å². The Hall–Kier alpha value is -1.85. The number of aliphatic carboxylic acids is 1. The molecule has 0 radical (unpaired) electrons. The van der Waals surface area contributed by atoms with Crippen LogP contribution in [-0.4, -0.2) is 34.2 Å². The van der Waals surface area contributed by atoms with E-state index in [1.807, 2.05) is 6.92 Å². The van der Waals surface area contributed by atoms with Gasteiger partial charge in [0.05, 0.1) is 12.5 Å². The summed E-state index contributed by atoms with van der Waals surface area (Å²) in [6.07, 6.45) is 1.56. The first-order valence-electron chi connectivity index (χ1n) is 5.06. The van der Waals surface area contributed by atoms with Crippen LogP contribution in [-0.2, 0) is 4.79 Å². The van der Waals surface area contributed by atoms with Crippen molar-refractivity contribution in [2.75, 3.05) is 18.5 Å². The fraction of sp³-hybridized carbons (Fsp3) is 0.500. The molecule has 6 nitrogen and oxygen atoms in total. The predicted molar refractivity (Wildman–Crippen MR) is 58.5 cm³/mol. The van der Waals surface area contributed by atoms with Crippen molar-refractivity contribution in [3.05, 3.63) is 12.3 Å². The molecule has 0 saturated heterocycles. The van der Waals surface area contributed by atoms with Crippen LogP contribution in [0.2, 0.25) is 0 Å². The van der Waals surface area contributed by atoms with Gasteiger partial charge in [0.25, 0.3) is 0 Å². The second kappa shape index (κ2) is 5.89. The highest BCUT2D eigenvalue weighted by Crippen LogP contribution is 2.08. The molecule has 6 heteroatoms. The van der Waals surface area contributed by atoms with Gasteiger partial charge in [-0.15, -0.1) is 0 Å². The number of hydrogen-bond donors (Lipinski definition) is 2. The highest BCUT2D eigenvalue weighted by atomic mass is 16.5. The standard InChI is InChI=1S/C10H15N3O3/c1-3-16-8-4-5-11-10(13-8)12-6-7(2)9(14)15/h4-5,7H,3,6H2,1-2H3,(H,14,15)(H,11,12,13). The lowest BCUT2D eigenvalue weighted by Crippen LogP contribution is -2.20. The zero-order valence-electron chi connectivity index (χ0n) is 9.30. The van der Waals surface area contributed by atoms with E-state index in [9.17, 15) is 4.79 Å². The minimum absolute atomic E-state index is 0.283. The van der Waals surface area contributed by atoms with E-state index in [4.69, 9.17) is 9.84 Å². The minimum atomic E-state index is -0.853. The largest absolute Gasteiger partial charge is 0.481 e. The van der Waals surface area contributed by atoms with E-state index in [1.54, 1.807) is 19.2 Å². The monoisotopic (exact) mass is 225 g/mol. The summed E-state index contributed by atoms with van der Waals surface area (Å²) >= 11 is 0. The summed E-state index contributed by atoms with van der Waals surface area (Å²) < 4.78 is 5.19. The van der Waals surface area contributed by atoms with Crippen molar-refractivity contribution < 1.29 is 14.6 Å². The van der Waals surface area contributed by atoms with Crippen LogP contribution >= 0.6 is 0 Å². The molecule has 1 rings (SSSR count). The molecular weight excluding hydrogens is 210 g/mol. The van der Waals surface area contributed by atoms with Crippen LogP contribution in [0.3, 0.4) is 0 Å². The number of anilines is 1. The van der Waals surface area contributed by atoms with Gasteiger partial charge in [0.2, 0.25) is 11.8 Å². The lowest BCUT2D eigenvalue weighted by Gasteiger charge is -2.08. The quantitative estimate of drug-likeness (QED) is 0.751. The summed E-state index contributed by atoms with van der Waals surface area (Å²) in [4.78, 5) is 18.6. The van der Waals surface area contributed by atoms with Gasteiger partial charge in [-0.2, -0.15) is 4.98 Å². The molecule has 1 aromatic heterocycles. The van der Waals surface area contributed by atoms with Crippen molar-refractivity contribution in [3.63, 3.8) is 0 Å².